The second kappa shape index (κ2) is 5.35. The fourth-order valence-corrected chi connectivity index (χ4v) is 3.15. The highest BCUT2D eigenvalue weighted by Crippen LogP contribution is 2.36. The second-order valence-corrected chi connectivity index (χ2v) is 5.69. The number of nitrogens with two attached hydrogens (primary N) is 1. The number of aromatic amines is 2. The summed E-state index contributed by atoms with van der Waals surface area (Å²) in [6.45, 7) is -0.528. The molecule has 0 spiro atoms. The summed E-state index contributed by atoms with van der Waals surface area (Å²) in [4.78, 5) is 36.4. The fourth-order valence-electron chi connectivity index (χ4n) is 3.15. The third kappa shape index (κ3) is 2.09. The topological polar surface area (TPSA) is 192 Å². The van der Waals surface area contributed by atoms with E-state index in [0.29, 0.717) is 0 Å². The number of aliphatic hydroxyl groups is 3. The molecule has 4 atom stereocenters. The van der Waals surface area contributed by atoms with Gasteiger partial charge in [-0.2, -0.15) is 0 Å². The summed E-state index contributed by atoms with van der Waals surface area (Å²) >= 11 is 0. The van der Waals surface area contributed by atoms with Crippen LogP contribution in [-0.4, -0.2) is 64.7 Å². The lowest BCUT2D eigenvalue weighted by atomic mass is 10.1. The van der Waals surface area contributed by atoms with E-state index in [1.165, 1.54) is 4.57 Å². The van der Waals surface area contributed by atoms with Crippen LogP contribution in [0.5, 0.6) is 0 Å². The quantitative estimate of drug-likeness (QED) is 0.282. The van der Waals surface area contributed by atoms with Crippen LogP contribution in [0, 0.1) is 0 Å². The van der Waals surface area contributed by atoms with Gasteiger partial charge in [0.05, 0.1) is 17.4 Å². The molecule has 0 radical (unpaired) electrons. The molecule has 12 heteroatoms. The number of ether oxygens (including phenoxy) is 1. The van der Waals surface area contributed by atoms with Crippen molar-refractivity contribution in [1.82, 2.24) is 24.5 Å². The Bertz CT molecular complexity index is 1090. The van der Waals surface area contributed by atoms with Crippen molar-refractivity contribution in [2.45, 2.75) is 24.5 Å². The van der Waals surface area contributed by atoms with Gasteiger partial charge in [-0.05, 0) is 0 Å². The van der Waals surface area contributed by atoms with Crippen LogP contribution >= 0.6 is 0 Å². The molecule has 3 aromatic heterocycles. The zero-order chi connectivity index (χ0) is 17.9. The van der Waals surface area contributed by atoms with Crippen LogP contribution in [0.3, 0.4) is 0 Å². The van der Waals surface area contributed by atoms with Crippen molar-refractivity contribution in [1.29, 1.82) is 0 Å². The first-order chi connectivity index (χ1) is 11.9. The van der Waals surface area contributed by atoms with Gasteiger partial charge in [0.2, 0.25) is 0 Å². The number of anilines is 1. The first-order valence-corrected chi connectivity index (χ1v) is 7.33. The van der Waals surface area contributed by atoms with Crippen molar-refractivity contribution in [3.05, 3.63) is 27.2 Å². The Kier molecular flexibility index (Phi) is 3.36. The molecule has 4 heterocycles. The van der Waals surface area contributed by atoms with Gasteiger partial charge in [-0.3, -0.25) is 19.3 Å². The maximum atomic E-state index is 12.3. The third-order valence-electron chi connectivity index (χ3n) is 4.27. The largest absolute Gasteiger partial charge is 0.394 e. The zero-order valence-corrected chi connectivity index (χ0v) is 12.6. The summed E-state index contributed by atoms with van der Waals surface area (Å²) in [6, 6.07) is 0. The van der Waals surface area contributed by atoms with E-state index in [1.807, 2.05) is 0 Å². The zero-order valence-electron chi connectivity index (χ0n) is 12.6. The van der Waals surface area contributed by atoms with Gasteiger partial charge in [-0.15, -0.1) is 0 Å². The van der Waals surface area contributed by atoms with Crippen molar-refractivity contribution in [2.75, 3.05) is 12.3 Å². The molecule has 4 rings (SSSR count). The SMILES string of the molecule is Nc1ncnc2c1c1c(=O)[nH]c(=O)[nH]c1n2[C@@H]1O[C@@H](CO)[C@@H](O)[C@H]1O. The first-order valence-electron chi connectivity index (χ1n) is 7.33. The van der Waals surface area contributed by atoms with E-state index in [-0.39, 0.29) is 27.9 Å². The van der Waals surface area contributed by atoms with Crippen molar-refractivity contribution < 1.29 is 20.1 Å². The number of nitrogen functional groups attached to an aromatic ring is 1. The minimum atomic E-state index is -1.44. The van der Waals surface area contributed by atoms with Crippen LogP contribution in [0.25, 0.3) is 22.1 Å². The molecule has 12 nitrogen and oxygen atoms in total. The number of rotatable bonds is 2. The van der Waals surface area contributed by atoms with E-state index in [9.17, 15) is 24.9 Å². The number of fused-ring (bicyclic) bond motifs is 3. The van der Waals surface area contributed by atoms with Gasteiger partial charge in [0.15, 0.2) is 6.23 Å². The Hall–Kier alpha value is -2.80. The van der Waals surface area contributed by atoms with Gasteiger partial charge < -0.3 is 25.8 Å². The van der Waals surface area contributed by atoms with Gasteiger partial charge in [0.25, 0.3) is 5.56 Å². The van der Waals surface area contributed by atoms with Gasteiger partial charge in [0, 0.05) is 0 Å². The summed E-state index contributed by atoms with van der Waals surface area (Å²) < 4.78 is 6.75. The normalized spacial score (nSPS) is 26.7. The van der Waals surface area contributed by atoms with Crippen molar-refractivity contribution >= 4 is 27.9 Å². The van der Waals surface area contributed by atoms with Gasteiger partial charge in [-0.1, -0.05) is 0 Å². The number of aromatic nitrogens is 5. The fraction of sp³-hybridized carbons (Fsp3) is 0.385. The Labute approximate surface area is 137 Å². The maximum Gasteiger partial charge on any atom is 0.327 e. The van der Waals surface area contributed by atoms with E-state index in [1.54, 1.807) is 0 Å². The molecule has 7 N–H and O–H groups in total. The van der Waals surface area contributed by atoms with Gasteiger partial charge in [0.1, 0.15) is 41.8 Å². The predicted octanol–water partition coefficient (Wildman–Crippen LogP) is -2.85. The van der Waals surface area contributed by atoms with Crippen LogP contribution < -0.4 is 17.0 Å². The lowest BCUT2D eigenvalue weighted by Crippen LogP contribution is -2.33. The summed E-state index contributed by atoms with van der Waals surface area (Å²) in [5, 5.41) is 29.7. The molecule has 1 aliphatic rings. The molecule has 0 bridgehead atoms. The molecule has 1 aliphatic heterocycles. The Morgan fingerprint density at radius 2 is 1.96 bits per heavy atom. The molecule has 132 valence electrons. The minimum absolute atomic E-state index is 0.00181. The van der Waals surface area contributed by atoms with Crippen molar-refractivity contribution in [3.8, 4) is 0 Å². The minimum Gasteiger partial charge on any atom is -0.394 e. The van der Waals surface area contributed by atoms with E-state index in [0.717, 1.165) is 6.33 Å². The molecule has 1 saturated heterocycles. The van der Waals surface area contributed by atoms with Crippen LogP contribution in [0.1, 0.15) is 6.23 Å². The van der Waals surface area contributed by atoms with E-state index in [2.05, 4.69) is 19.9 Å². The molecular weight excluding hydrogens is 336 g/mol. The molecule has 0 aromatic carbocycles. The number of hydrogen-bond donors (Lipinski definition) is 6. The molecule has 3 aromatic rings. The Morgan fingerprint density at radius 1 is 1.20 bits per heavy atom. The highest BCUT2D eigenvalue weighted by Gasteiger charge is 2.44. The second-order valence-electron chi connectivity index (χ2n) is 5.69. The predicted molar refractivity (Wildman–Crippen MR) is 83.7 cm³/mol. The Morgan fingerprint density at radius 3 is 2.64 bits per heavy atom. The standard InChI is InChI=1S/C13H14N6O6/c14-8-4-5-10(17-13(24)18-11(5)23)19(9(4)16-2-15-8)12-7(22)6(21)3(1-20)25-12/h2-3,6-7,12,20-22H,1H2,(H2,14,15,16)(H2,17,18,23,24)/t3-,6+,7+,12+/m0/s1. The number of nitrogens with one attached hydrogen (secondary N) is 2. The van der Waals surface area contributed by atoms with E-state index >= 15 is 0 Å². The average Bonchev–Trinajstić information content (AvgIpc) is 3.04. The molecular formula is C13H14N6O6. The maximum absolute atomic E-state index is 12.3. The molecule has 0 aliphatic carbocycles. The first kappa shape index (κ1) is 15.7. The monoisotopic (exact) mass is 350 g/mol. The number of H-pyrrole nitrogens is 2. The molecule has 0 saturated carbocycles. The third-order valence-corrected chi connectivity index (χ3v) is 4.27. The summed E-state index contributed by atoms with van der Waals surface area (Å²) in [5.41, 5.74) is 4.50. The number of aliphatic hydroxyl groups excluding tert-OH is 3. The molecule has 25 heavy (non-hydrogen) atoms. The van der Waals surface area contributed by atoms with Crippen LogP contribution in [0.4, 0.5) is 5.82 Å². The lowest BCUT2D eigenvalue weighted by molar-refractivity contribution is -0.0492. The van der Waals surface area contributed by atoms with Crippen LogP contribution in [0.15, 0.2) is 15.9 Å². The lowest BCUT2D eigenvalue weighted by Gasteiger charge is -2.18. The van der Waals surface area contributed by atoms with E-state index < -0.39 is 42.4 Å². The summed E-state index contributed by atoms with van der Waals surface area (Å²) in [6.07, 6.45) is -3.90. The number of hydrogen-bond acceptors (Lipinski definition) is 9. The summed E-state index contributed by atoms with van der Waals surface area (Å²) in [5.74, 6) is -0.00181. The van der Waals surface area contributed by atoms with Crippen molar-refractivity contribution in [2.24, 2.45) is 0 Å². The van der Waals surface area contributed by atoms with Gasteiger partial charge >= 0.3 is 5.69 Å². The number of nitrogens with zero attached hydrogens (tertiary/aromatic N) is 3. The Balaban J connectivity index is 2.11. The molecule has 1 fully saturated rings. The van der Waals surface area contributed by atoms with Gasteiger partial charge in [-0.25, -0.2) is 14.8 Å². The molecule has 0 unspecified atom stereocenters. The highest BCUT2D eigenvalue weighted by atomic mass is 16.6. The van der Waals surface area contributed by atoms with Crippen LogP contribution in [0.2, 0.25) is 0 Å². The highest BCUT2D eigenvalue weighted by molar-refractivity contribution is 6.09. The smallest absolute Gasteiger partial charge is 0.327 e. The average molecular weight is 350 g/mol. The van der Waals surface area contributed by atoms with Crippen molar-refractivity contribution in [3.63, 3.8) is 0 Å². The summed E-state index contributed by atoms with van der Waals surface area (Å²) in [7, 11) is 0. The van der Waals surface area contributed by atoms with E-state index in [4.69, 9.17) is 10.5 Å². The molecule has 0 amide bonds. The van der Waals surface area contributed by atoms with Crippen LogP contribution in [-0.2, 0) is 4.74 Å².